The van der Waals surface area contributed by atoms with Crippen LogP contribution >= 0.6 is 22.6 Å². The fourth-order valence-corrected chi connectivity index (χ4v) is 5.82. The third kappa shape index (κ3) is 4.71. The number of benzene rings is 2. The van der Waals surface area contributed by atoms with Gasteiger partial charge in [-0.15, -0.1) is 0 Å². The van der Waals surface area contributed by atoms with Gasteiger partial charge in [0.2, 0.25) is 11.8 Å². The monoisotopic (exact) mass is 587 g/mol. The molecule has 35 heavy (non-hydrogen) atoms. The molecule has 2 fully saturated rings. The van der Waals surface area contributed by atoms with E-state index in [-0.39, 0.29) is 17.9 Å². The molecular weight excluding hydrogens is 557 g/mol. The van der Waals surface area contributed by atoms with Gasteiger partial charge in [0.15, 0.2) is 0 Å². The minimum absolute atomic E-state index is 0.0369. The van der Waals surface area contributed by atoms with Gasteiger partial charge in [0, 0.05) is 15.3 Å². The molecule has 7 nitrogen and oxygen atoms in total. The highest BCUT2D eigenvalue weighted by Gasteiger charge is 2.55. The Hall–Kier alpha value is -2.43. The zero-order valence-corrected chi connectivity index (χ0v) is 21.8. The fraction of sp³-hybridized carbons (Fsp3) is 0.407. The van der Waals surface area contributed by atoms with Crippen LogP contribution in [-0.4, -0.2) is 52.1 Å². The first-order valence-corrected chi connectivity index (χ1v) is 13.2. The molecule has 0 aromatic heterocycles. The van der Waals surface area contributed by atoms with Gasteiger partial charge in [-0.1, -0.05) is 43.5 Å². The molecule has 184 valence electrons. The molecular formula is C27H30IN3O4. The summed E-state index contributed by atoms with van der Waals surface area (Å²) in [4.78, 5) is 28.7. The molecule has 1 saturated carbocycles. The largest absolute Gasteiger partial charge is 0.497 e. The molecule has 5 rings (SSSR count). The Morgan fingerprint density at radius 3 is 2.31 bits per heavy atom. The molecule has 3 aliphatic rings. The zero-order chi connectivity index (χ0) is 24.5. The number of methoxy groups -OCH3 is 1. The standard InChI is InChI=1S/C27H30IN3O4/c1-35-21-13-11-19(12-14-21)29-31-23(25(32)17-7-9-18(28)10-8-17)16-15-22-24(31)27(34)30(26(22)33)20-5-3-2-4-6-20/h7-16,20,22-25,29,32H,2-6H2,1H3. The van der Waals surface area contributed by atoms with Crippen LogP contribution in [0.4, 0.5) is 5.69 Å². The van der Waals surface area contributed by atoms with Crippen LogP contribution in [0.25, 0.3) is 0 Å². The lowest BCUT2D eigenvalue weighted by Gasteiger charge is -2.41. The number of halogens is 1. The molecule has 0 radical (unpaired) electrons. The summed E-state index contributed by atoms with van der Waals surface area (Å²) in [6.45, 7) is 0. The summed E-state index contributed by atoms with van der Waals surface area (Å²) in [5, 5.41) is 13.2. The second-order valence-electron chi connectivity index (χ2n) is 9.43. The molecule has 2 aromatic rings. The lowest BCUT2D eigenvalue weighted by atomic mass is 9.90. The number of anilines is 1. The van der Waals surface area contributed by atoms with Crippen molar-refractivity contribution in [1.82, 2.24) is 9.91 Å². The molecule has 2 N–H and O–H groups in total. The Morgan fingerprint density at radius 2 is 1.66 bits per heavy atom. The van der Waals surface area contributed by atoms with Gasteiger partial charge in [0.05, 0.1) is 25.2 Å². The van der Waals surface area contributed by atoms with Crippen molar-refractivity contribution in [3.63, 3.8) is 0 Å². The summed E-state index contributed by atoms with van der Waals surface area (Å²) in [5.74, 6) is -0.169. The Balaban J connectivity index is 1.49. The van der Waals surface area contributed by atoms with Gasteiger partial charge in [-0.25, -0.2) is 5.01 Å². The molecule has 1 saturated heterocycles. The van der Waals surface area contributed by atoms with Crippen LogP contribution in [0.1, 0.15) is 43.8 Å². The summed E-state index contributed by atoms with van der Waals surface area (Å²) in [5.41, 5.74) is 4.85. The first-order valence-electron chi connectivity index (χ1n) is 12.2. The Labute approximate surface area is 219 Å². The van der Waals surface area contributed by atoms with E-state index < -0.39 is 24.1 Å². The molecule has 2 aromatic carbocycles. The van der Waals surface area contributed by atoms with E-state index in [9.17, 15) is 14.7 Å². The van der Waals surface area contributed by atoms with E-state index >= 15 is 0 Å². The van der Waals surface area contributed by atoms with Gasteiger partial charge in [0.25, 0.3) is 0 Å². The van der Waals surface area contributed by atoms with Crippen molar-refractivity contribution < 1.29 is 19.4 Å². The van der Waals surface area contributed by atoms with Crippen molar-refractivity contribution >= 4 is 40.1 Å². The van der Waals surface area contributed by atoms with Crippen molar-refractivity contribution in [3.05, 3.63) is 69.8 Å². The van der Waals surface area contributed by atoms with Crippen molar-refractivity contribution in [2.24, 2.45) is 5.92 Å². The van der Waals surface area contributed by atoms with Crippen LogP contribution in [0.5, 0.6) is 5.75 Å². The molecule has 0 bridgehead atoms. The zero-order valence-electron chi connectivity index (χ0n) is 19.6. The number of nitrogens with zero attached hydrogens (tertiary/aromatic N) is 2. The minimum Gasteiger partial charge on any atom is -0.497 e. The van der Waals surface area contributed by atoms with Gasteiger partial charge in [-0.3, -0.25) is 14.5 Å². The molecule has 2 amide bonds. The van der Waals surface area contributed by atoms with Crippen LogP contribution in [0.2, 0.25) is 0 Å². The van der Waals surface area contributed by atoms with E-state index in [4.69, 9.17) is 4.74 Å². The van der Waals surface area contributed by atoms with Crippen LogP contribution in [0.3, 0.4) is 0 Å². The Bertz CT molecular complexity index is 1100. The van der Waals surface area contributed by atoms with E-state index in [1.165, 1.54) is 4.90 Å². The number of amides is 2. The highest BCUT2D eigenvalue weighted by Crippen LogP contribution is 2.39. The maximum absolute atomic E-state index is 13.8. The summed E-state index contributed by atoms with van der Waals surface area (Å²) in [7, 11) is 1.61. The third-order valence-electron chi connectivity index (χ3n) is 7.31. The number of imide groups is 1. The number of fused-ring (bicyclic) bond motifs is 1. The Kier molecular flexibility index (Phi) is 7.13. The smallest absolute Gasteiger partial charge is 0.249 e. The number of hydrazine groups is 1. The van der Waals surface area contributed by atoms with Gasteiger partial charge >= 0.3 is 0 Å². The van der Waals surface area contributed by atoms with E-state index in [0.29, 0.717) is 0 Å². The van der Waals surface area contributed by atoms with Crippen molar-refractivity contribution in [2.45, 2.75) is 56.3 Å². The number of rotatable bonds is 6. The molecule has 2 aliphatic heterocycles. The second-order valence-corrected chi connectivity index (χ2v) is 10.7. The van der Waals surface area contributed by atoms with E-state index in [2.05, 4.69) is 28.0 Å². The molecule has 1 aliphatic carbocycles. The highest BCUT2D eigenvalue weighted by molar-refractivity contribution is 14.1. The summed E-state index contributed by atoms with van der Waals surface area (Å²) >= 11 is 2.23. The maximum Gasteiger partial charge on any atom is 0.249 e. The average molecular weight is 587 g/mol. The predicted molar refractivity (Wildman–Crippen MR) is 142 cm³/mol. The average Bonchev–Trinajstić information content (AvgIpc) is 3.15. The number of ether oxygens (including phenoxy) is 1. The van der Waals surface area contributed by atoms with E-state index in [1.54, 1.807) is 12.1 Å². The van der Waals surface area contributed by atoms with Crippen molar-refractivity contribution in [2.75, 3.05) is 12.5 Å². The first kappa shape index (κ1) is 24.3. The number of carbonyl (C=O) groups is 2. The number of aliphatic hydroxyl groups is 1. The number of hydrogen-bond donors (Lipinski definition) is 2. The summed E-state index contributed by atoms with van der Waals surface area (Å²) in [6, 6.07) is 13.8. The van der Waals surface area contributed by atoms with Crippen LogP contribution in [0.15, 0.2) is 60.7 Å². The van der Waals surface area contributed by atoms with Crippen LogP contribution < -0.4 is 10.2 Å². The van der Waals surface area contributed by atoms with Gasteiger partial charge in [-0.05, 0) is 77.4 Å². The van der Waals surface area contributed by atoms with Crippen molar-refractivity contribution in [1.29, 1.82) is 0 Å². The van der Waals surface area contributed by atoms with E-state index in [0.717, 1.165) is 52.7 Å². The van der Waals surface area contributed by atoms with E-state index in [1.807, 2.05) is 60.7 Å². The lowest BCUT2D eigenvalue weighted by molar-refractivity contribution is -0.143. The molecule has 0 spiro atoms. The van der Waals surface area contributed by atoms with Gasteiger partial charge in [0.1, 0.15) is 11.8 Å². The number of aliphatic hydroxyl groups excluding tert-OH is 1. The fourth-order valence-electron chi connectivity index (χ4n) is 5.46. The Morgan fingerprint density at radius 1 is 0.971 bits per heavy atom. The molecule has 4 atom stereocenters. The minimum atomic E-state index is -0.887. The number of hydrogen-bond acceptors (Lipinski definition) is 6. The van der Waals surface area contributed by atoms with Crippen LogP contribution in [0, 0.1) is 9.49 Å². The number of likely N-dealkylation sites (tertiary alicyclic amines) is 1. The predicted octanol–water partition coefficient (Wildman–Crippen LogP) is 4.29. The summed E-state index contributed by atoms with van der Waals surface area (Å²) in [6.07, 6.45) is 7.74. The van der Waals surface area contributed by atoms with Crippen molar-refractivity contribution in [3.8, 4) is 5.75 Å². The third-order valence-corrected chi connectivity index (χ3v) is 8.03. The second kappa shape index (κ2) is 10.3. The molecule has 2 heterocycles. The quantitative estimate of drug-likeness (QED) is 0.298. The topological polar surface area (TPSA) is 82.1 Å². The SMILES string of the molecule is COc1ccc(NN2C(C(O)c3ccc(I)cc3)C=CC3C(=O)N(C4CCCCC4)C(=O)C32)cc1. The maximum atomic E-state index is 13.8. The number of carbonyl (C=O) groups excluding carboxylic acids is 2. The highest BCUT2D eigenvalue weighted by atomic mass is 127. The van der Waals surface area contributed by atoms with Crippen LogP contribution in [-0.2, 0) is 9.59 Å². The van der Waals surface area contributed by atoms with Gasteiger partial charge < -0.3 is 15.3 Å². The number of nitrogens with one attached hydrogen (secondary N) is 1. The first-order chi connectivity index (χ1) is 17.0. The molecule has 4 unspecified atom stereocenters. The normalized spacial score (nSPS) is 26.0. The summed E-state index contributed by atoms with van der Waals surface area (Å²) < 4.78 is 6.34. The van der Waals surface area contributed by atoms with Gasteiger partial charge in [-0.2, -0.15) is 0 Å². The lowest BCUT2D eigenvalue weighted by Crippen LogP contribution is -2.56. The molecule has 8 heteroatoms.